The number of carbonyl (C=O) groups is 1. The second-order valence-electron chi connectivity index (χ2n) is 4.21. The molecule has 1 rings (SSSR count). The number of Topliss-reactive ketones (excluding diaryl/α,β-unsaturated/α-hetero) is 1. The first-order valence-corrected chi connectivity index (χ1v) is 5.38. The fraction of sp³-hybridized carbons (Fsp3) is 0.417. The average molecular weight is 300 g/mol. The maximum absolute atomic E-state index is 12.6. The Morgan fingerprint density at radius 3 is 1.75 bits per heavy atom. The van der Waals surface area contributed by atoms with Crippen LogP contribution in [0.25, 0.3) is 0 Å². The summed E-state index contributed by atoms with van der Waals surface area (Å²) < 4.78 is 75.6. The minimum absolute atomic E-state index is 0.341. The van der Waals surface area contributed by atoms with Crippen LogP contribution in [-0.2, 0) is 0 Å². The summed E-state index contributed by atoms with van der Waals surface area (Å²) in [5.74, 6) is -4.16. The van der Waals surface area contributed by atoms with Crippen LogP contribution in [-0.4, -0.2) is 28.8 Å². The second kappa shape index (κ2) is 5.08. The molecule has 1 aromatic carbocycles. The topological polar surface area (TPSA) is 37.3 Å². The van der Waals surface area contributed by atoms with E-state index in [0.717, 1.165) is 12.1 Å². The van der Waals surface area contributed by atoms with Crippen molar-refractivity contribution in [1.82, 2.24) is 0 Å². The van der Waals surface area contributed by atoms with Crippen molar-refractivity contribution in [1.29, 1.82) is 0 Å². The highest BCUT2D eigenvalue weighted by molar-refractivity contribution is 5.98. The predicted octanol–water partition coefficient (Wildman–Crippen LogP) is 3.36. The molecule has 1 aromatic rings. The summed E-state index contributed by atoms with van der Waals surface area (Å²) in [4.78, 5) is 11.7. The van der Waals surface area contributed by atoms with Crippen LogP contribution < -0.4 is 0 Å². The minimum atomic E-state index is -6.02. The van der Waals surface area contributed by atoms with Crippen LogP contribution in [0.5, 0.6) is 0 Å². The number of hydrogen-bond acceptors (Lipinski definition) is 2. The molecule has 0 amide bonds. The lowest BCUT2D eigenvalue weighted by Gasteiger charge is -2.36. The molecule has 8 heteroatoms. The Hall–Kier alpha value is -1.57. The van der Waals surface area contributed by atoms with Crippen molar-refractivity contribution in [3.05, 3.63) is 35.9 Å². The number of halogens is 6. The van der Waals surface area contributed by atoms with Crippen LogP contribution in [0, 0.1) is 5.92 Å². The Labute approximate surface area is 110 Å². The van der Waals surface area contributed by atoms with Gasteiger partial charge in [0.2, 0.25) is 0 Å². The molecule has 0 aliphatic carbocycles. The van der Waals surface area contributed by atoms with Crippen molar-refractivity contribution in [2.45, 2.75) is 24.9 Å². The molecule has 0 heterocycles. The third kappa shape index (κ3) is 2.65. The maximum Gasteiger partial charge on any atom is 0.427 e. The van der Waals surface area contributed by atoms with Crippen LogP contribution >= 0.6 is 0 Å². The molecule has 0 saturated heterocycles. The van der Waals surface area contributed by atoms with Crippen molar-refractivity contribution < 1.29 is 36.2 Å². The van der Waals surface area contributed by atoms with E-state index in [1.165, 1.54) is 18.2 Å². The van der Waals surface area contributed by atoms with Crippen molar-refractivity contribution in [3.8, 4) is 0 Å². The largest absolute Gasteiger partial charge is 0.427 e. The van der Waals surface area contributed by atoms with Gasteiger partial charge in [-0.15, -0.1) is 0 Å². The maximum atomic E-state index is 12.6. The Bertz CT molecular complexity index is 463. The van der Waals surface area contributed by atoms with Crippen LogP contribution in [0.1, 0.15) is 17.3 Å². The number of benzene rings is 1. The monoisotopic (exact) mass is 300 g/mol. The molecule has 0 aromatic heterocycles. The molecule has 1 N–H and O–H groups in total. The number of hydrogen-bond donors (Lipinski definition) is 1. The van der Waals surface area contributed by atoms with Gasteiger partial charge >= 0.3 is 12.4 Å². The summed E-state index contributed by atoms with van der Waals surface area (Å²) in [7, 11) is 0. The highest BCUT2D eigenvalue weighted by atomic mass is 19.4. The van der Waals surface area contributed by atoms with Crippen LogP contribution in [0.2, 0.25) is 0 Å². The van der Waals surface area contributed by atoms with E-state index in [0.29, 0.717) is 6.92 Å². The summed E-state index contributed by atoms with van der Waals surface area (Å²) in [5, 5.41) is 9.11. The molecular weight excluding hydrogens is 290 g/mol. The van der Waals surface area contributed by atoms with E-state index in [9.17, 15) is 31.1 Å². The quantitative estimate of drug-likeness (QED) is 0.686. The van der Waals surface area contributed by atoms with Crippen molar-refractivity contribution in [2.24, 2.45) is 5.92 Å². The van der Waals surface area contributed by atoms with Gasteiger partial charge in [0, 0.05) is 5.56 Å². The zero-order chi connectivity index (χ0) is 15.8. The zero-order valence-corrected chi connectivity index (χ0v) is 10.1. The number of carbonyl (C=O) groups excluding carboxylic acids is 1. The molecule has 20 heavy (non-hydrogen) atoms. The number of alkyl halides is 6. The molecule has 0 radical (unpaired) electrons. The fourth-order valence-electron chi connectivity index (χ4n) is 1.69. The normalized spacial score (nSPS) is 15.0. The number of ketones is 1. The van der Waals surface area contributed by atoms with Gasteiger partial charge in [0.05, 0.1) is 5.92 Å². The van der Waals surface area contributed by atoms with Gasteiger partial charge in [0.25, 0.3) is 5.60 Å². The lowest BCUT2D eigenvalue weighted by Crippen LogP contribution is -2.62. The molecule has 2 nitrogen and oxygen atoms in total. The Balaban J connectivity index is 3.27. The Morgan fingerprint density at radius 2 is 1.40 bits per heavy atom. The Morgan fingerprint density at radius 1 is 1.00 bits per heavy atom. The Kier molecular flexibility index (Phi) is 4.19. The summed E-state index contributed by atoms with van der Waals surface area (Å²) in [5.41, 5.74) is -5.43. The molecule has 112 valence electrons. The van der Waals surface area contributed by atoms with E-state index in [2.05, 4.69) is 0 Å². The molecule has 0 unspecified atom stereocenters. The van der Waals surface area contributed by atoms with Gasteiger partial charge in [-0.1, -0.05) is 37.3 Å². The SMILES string of the molecule is C[C@@H](C(=O)c1ccccc1)C(O)(C(F)(F)F)C(F)(F)F. The van der Waals surface area contributed by atoms with Crippen LogP contribution in [0.4, 0.5) is 26.3 Å². The van der Waals surface area contributed by atoms with Gasteiger partial charge in [-0.2, -0.15) is 26.3 Å². The third-order valence-corrected chi connectivity index (χ3v) is 2.94. The molecule has 0 spiro atoms. The van der Waals surface area contributed by atoms with Crippen LogP contribution in [0.3, 0.4) is 0 Å². The van der Waals surface area contributed by atoms with E-state index >= 15 is 0 Å². The van der Waals surface area contributed by atoms with Gasteiger partial charge in [0.15, 0.2) is 5.78 Å². The molecule has 0 fully saturated rings. The molecule has 0 aliphatic heterocycles. The molecule has 1 atom stereocenters. The number of rotatable bonds is 3. The molecule has 0 aliphatic rings. The summed E-state index contributed by atoms with van der Waals surface area (Å²) >= 11 is 0. The lowest BCUT2D eigenvalue weighted by atomic mass is 9.82. The molecule has 0 bridgehead atoms. The zero-order valence-electron chi connectivity index (χ0n) is 10.1. The fourth-order valence-corrected chi connectivity index (χ4v) is 1.69. The van der Waals surface area contributed by atoms with Gasteiger partial charge < -0.3 is 5.11 Å². The second-order valence-corrected chi connectivity index (χ2v) is 4.21. The summed E-state index contributed by atoms with van der Waals surface area (Å²) in [6.07, 6.45) is -12.0. The van der Waals surface area contributed by atoms with Crippen molar-refractivity contribution in [3.63, 3.8) is 0 Å². The van der Waals surface area contributed by atoms with Gasteiger partial charge in [-0.3, -0.25) is 4.79 Å². The predicted molar refractivity (Wildman–Crippen MR) is 57.0 cm³/mol. The van der Waals surface area contributed by atoms with Gasteiger partial charge in [0.1, 0.15) is 0 Å². The highest BCUT2D eigenvalue weighted by Crippen LogP contribution is 2.48. The minimum Gasteiger partial charge on any atom is -0.373 e. The third-order valence-electron chi connectivity index (χ3n) is 2.94. The standard InChI is InChI=1S/C12H10F6O2/c1-7(9(19)8-5-3-2-4-6-8)10(20,11(13,14)15)12(16,17)18/h2-7,20H,1H3/t7-/m0/s1. The van der Waals surface area contributed by atoms with Gasteiger partial charge in [-0.05, 0) is 0 Å². The highest BCUT2D eigenvalue weighted by Gasteiger charge is 2.74. The first-order chi connectivity index (χ1) is 8.93. The average Bonchev–Trinajstić information content (AvgIpc) is 2.34. The molecule has 0 saturated carbocycles. The smallest absolute Gasteiger partial charge is 0.373 e. The first kappa shape index (κ1) is 16.5. The van der Waals surface area contributed by atoms with E-state index in [-0.39, 0.29) is 5.56 Å². The van der Waals surface area contributed by atoms with Gasteiger partial charge in [-0.25, -0.2) is 0 Å². The van der Waals surface area contributed by atoms with E-state index in [4.69, 9.17) is 5.11 Å². The first-order valence-electron chi connectivity index (χ1n) is 5.38. The number of aliphatic hydroxyl groups is 1. The summed E-state index contributed by atoms with van der Waals surface area (Å²) in [6.45, 7) is 0.399. The van der Waals surface area contributed by atoms with E-state index in [1.807, 2.05) is 0 Å². The van der Waals surface area contributed by atoms with E-state index < -0.39 is 29.7 Å². The molecular formula is C12H10F6O2. The van der Waals surface area contributed by atoms with E-state index in [1.54, 1.807) is 0 Å². The lowest BCUT2D eigenvalue weighted by molar-refractivity contribution is -0.377. The van der Waals surface area contributed by atoms with Crippen molar-refractivity contribution >= 4 is 5.78 Å². The van der Waals surface area contributed by atoms with Crippen molar-refractivity contribution in [2.75, 3.05) is 0 Å². The van der Waals surface area contributed by atoms with Crippen LogP contribution in [0.15, 0.2) is 30.3 Å². The summed E-state index contributed by atoms with van der Waals surface area (Å²) in [6, 6.07) is 6.18.